The molecule has 1 N–H and O–H groups in total. The molecule has 4 unspecified atom stereocenters. The van der Waals surface area contributed by atoms with Gasteiger partial charge in [0.2, 0.25) is 0 Å². The monoisotopic (exact) mass is 271 g/mol. The van der Waals surface area contributed by atoms with Crippen LogP contribution in [0.15, 0.2) is 0 Å². The molecule has 0 amide bonds. The van der Waals surface area contributed by atoms with E-state index < -0.39 is 0 Å². The normalized spacial score (nSPS) is 33.5. The van der Waals surface area contributed by atoms with Crippen LogP contribution in [0.3, 0.4) is 0 Å². The van der Waals surface area contributed by atoms with Crippen LogP contribution in [0.25, 0.3) is 0 Å². The number of methoxy groups -OCH3 is 1. The average molecular weight is 271 g/mol. The zero-order chi connectivity index (χ0) is 13.5. The average Bonchev–Trinajstić information content (AvgIpc) is 2.92. The third-order valence-electron chi connectivity index (χ3n) is 4.16. The van der Waals surface area contributed by atoms with E-state index in [1.165, 1.54) is 32.1 Å². The molecule has 112 valence electrons. The van der Waals surface area contributed by atoms with E-state index in [1.54, 1.807) is 7.11 Å². The van der Waals surface area contributed by atoms with Crippen molar-refractivity contribution in [2.75, 3.05) is 26.8 Å². The van der Waals surface area contributed by atoms with Crippen molar-refractivity contribution < 1.29 is 14.2 Å². The Bertz CT molecular complexity index is 244. The van der Waals surface area contributed by atoms with E-state index in [0.717, 1.165) is 26.1 Å². The van der Waals surface area contributed by atoms with Crippen LogP contribution < -0.4 is 5.32 Å². The Hall–Kier alpha value is -0.160. The molecule has 1 aliphatic heterocycles. The largest absolute Gasteiger partial charge is 0.381 e. The van der Waals surface area contributed by atoms with Gasteiger partial charge in [-0.05, 0) is 45.4 Å². The Balaban J connectivity index is 1.56. The minimum absolute atomic E-state index is 0.266. The molecule has 2 aliphatic rings. The smallest absolute Gasteiger partial charge is 0.0700 e. The molecule has 4 atom stereocenters. The highest BCUT2D eigenvalue weighted by Crippen LogP contribution is 2.23. The third kappa shape index (κ3) is 5.38. The molecule has 2 rings (SSSR count). The molecule has 4 nitrogen and oxygen atoms in total. The Morgan fingerprint density at radius 3 is 2.79 bits per heavy atom. The van der Waals surface area contributed by atoms with Crippen molar-refractivity contribution in [3.05, 3.63) is 0 Å². The Morgan fingerprint density at radius 2 is 2.05 bits per heavy atom. The highest BCUT2D eigenvalue weighted by atomic mass is 16.5. The number of nitrogens with one attached hydrogen (secondary N) is 1. The van der Waals surface area contributed by atoms with E-state index >= 15 is 0 Å². The summed E-state index contributed by atoms with van der Waals surface area (Å²) < 4.78 is 17.1. The highest BCUT2D eigenvalue weighted by molar-refractivity contribution is 4.75. The van der Waals surface area contributed by atoms with E-state index in [4.69, 9.17) is 14.2 Å². The van der Waals surface area contributed by atoms with E-state index in [9.17, 15) is 0 Å². The summed E-state index contributed by atoms with van der Waals surface area (Å²) >= 11 is 0. The van der Waals surface area contributed by atoms with Crippen molar-refractivity contribution in [1.29, 1.82) is 0 Å². The van der Waals surface area contributed by atoms with Crippen molar-refractivity contribution in [1.82, 2.24) is 5.32 Å². The zero-order valence-corrected chi connectivity index (χ0v) is 12.4. The van der Waals surface area contributed by atoms with Crippen LogP contribution in [0.4, 0.5) is 0 Å². The fraction of sp³-hybridized carbons (Fsp3) is 1.00. The van der Waals surface area contributed by atoms with Gasteiger partial charge in [0.1, 0.15) is 0 Å². The zero-order valence-electron chi connectivity index (χ0n) is 12.4. The first-order valence-electron chi connectivity index (χ1n) is 7.78. The van der Waals surface area contributed by atoms with Gasteiger partial charge in [0.25, 0.3) is 0 Å². The molecule has 1 aliphatic carbocycles. The summed E-state index contributed by atoms with van der Waals surface area (Å²) in [7, 11) is 1.81. The fourth-order valence-corrected chi connectivity index (χ4v) is 3.07. The van der Waals surface area contributed by atoms with Gasteiger partial charge in [0.15, 0.2) is 0 Å². The summed E-state index contributed by atoms with van der Waals surface area (Å²) in [4.78, 5) is 0. The first kappa shape index (κ1) is 15.2. The lowest BCUT2D eigenvalue weighted by Crippen LogP contribution is -2.36. The molecule has 4 heteroatoms. The topological polar surface area (TPSA) is 39.7 Å². The van der Waals surface area contributed by atoms with Gasteiger partial charge >= 0.3 is 0 Å². The summed E-state index contributed by atoms with van der Waals surface area (Å²) in [6.45, 7) is 4.95. The maximum Gasteiger partial charge on any atom is 0.0700 e. The lowest BCUT2D eigenvalue weighted by molar-refractivity contribution is -0.0585. The van der Waals surface area contributed by atoms with Crippen molar-refractivity contribution in [2.24, 2.45) is 0 Å². The molecule has 1 heterocycles. The van der Waals surface area contributed by atoms with Crippen LogP contribution in [0.2, 0.25) is 0 Å². The second-order valence-corrected chi connectivity index (χ2v) is 5.89. The van der Waals surface area contributed by atoms with Gasteiger partial charge in [-0.25, -0.2) is 0 Å². The first-order valence-corrected chi connectivity index (χ1v) is 7.78. The van der Waals surface area contributed by atoms with Crippen LogP contribution in [0.5, 0.6) is 0 Å². The molecular formula is C15H29NO3. The first-order chi connectivity index (χ1) is 9.28. The van der Waals surface area contributed by atoms with E-state index in [2.05, 4.69) is 12.2 Å². The van der Waals surface area contributed by atoms with Gasteiger partial charge in [-0.1, -0.05) is 0 Å². The Labute approximate surface area is 117 Å². The summed E-state index contributed by atoms with van der Waals surface area (Å²) in [5.74, 6) is 0. The molecule has 0 spiro atoms. The molecule has 1 saturated heterocycles. The summed E-state index contributed by atoms with van der Waals surface area (Å²) in [6.07, 6.45) is 8.48. The minimum Gasteiger partial charge on any atom is -0.381 e. The molecule has 1 saturated carbocycles. The number of rotatable bonds is 7. The van der Waals surface area contributed by atoms with Gasteiger partial charge in [0, 0.05) is 26.8 Å². The predicted molar refractivity (Wildman–Crippen MR) is 75.4 cm³/mol. The summed E-state index contributed by atoms with van der Waals surface area (Å²) in [6, 6.07) is 0. The molecule has 0 aromatic heterocycles. The summed E-state index contributed by atoms with van der Waals surface area (Å²) in [5.41, 5.74) is 0. The highest BCUT2D eigenvalue weighted by Gasteiger charge is 2.23. The predicted octanol–water partition coefficient (Wildman–Crippen LogP) is 2.12. The maximum atomic E-state index is 6.10. The Morgan fingerprint density at radius 1 is 1.21 bits per heavy atom. The minimum atomic E-state index is 0.266. The number of hydrogen-bond donors (Lipinski definition) is 1. The Kier molecular flexibility index (Phi) is 6.57. The van der Waals surface area contributed by atoms with Crippen LogP contribution in [-0.4, -0.2) is 51.2 Å². The molecule has 0 radical (unpaired) electrons. The van der Waals surface area contributed by atoms with E-state index in [0.29, 0.717) is 18.3 Å². The van der Waals surface area contributed by atoms with Crippen LogP contribution in [0, 0.1) is 0 Å². The standard InChI is InChI=1S/C15H29NO3/c1-12(10-16-11-15-7-4-8-18-15)19-14-6-3-5-13(9-14)17-2/h12-16H,3-11H2,1-2H3. The van der Waals surface area contributed by atoms with E-state index in [1.807, 2.05) is 0 Å². The molecule has 2 fully saturated rings. The maximum absolute atomic E-state index is 6.10. The molecule has 0 bridgehead atoms. The van der Waals surface area contributed by atoms with Crippen molar-refractivity contribution in [3.8, 4) is 0 Å². The molecular weight excluding hydrogens is 242 g/mol. The molecule has 19 heavy (non-hydrogen) atoms. The van der Waals surface area contributed by atoms with Gasteiger partial charge < -0.3 is 19.5 Å². The second-order valence-electron chi connectivity index (χ2n) is 5.89. The number of ether oxygens (including phenoxy) is 3. The number of hydrogen-bond acceptors (Lipinski definition) is 4. The van der Waals surface area contributed by atoms with Gasteiger partial charge in [-0.2, -0.15) is 0 Å². The van der Waals surface area contributed by atoms with Gasteiger partial charge in [-0.15, -0.1) is 0 Å². The van der Waals surface area contributed by atoms with Crippen LogP contribution in [0.1, 0.15) is 45.4 Å². The van der Waals surface area contributed by atoms with Crippen LogP contribution in [-0.2, 0) is 14.2 Å². The van der Waals surface area contributed by atoms with Crippen LogP contribution >= 0.6 is 0 Å². The lowest BCUT2D eigenvalue weighted by atomic mass is 9.95. The quantitative estimate of drug-likeness (QED) is 0.770. The van der Waals surface area contributed by atoms with Gasteiger partial charge in [-0.3, -0.25) is 0 Å². The lowest BCUT2D eigenvalue weighted by Gasteiger charge is -2.30. The molecule has 0 aromatic carbocycles. The van der Waals surface area contributed by atoms with Crippen molar-refractivity contribution >= 4 is 0 Å². The molecule has 0 aromatic rings. The fourth-order valence-electron chi connectivity index (χ4n) is 3.07. The van der Waals surface area contributed by atoms with E-state index in [-0.39, 0.29) is 6.10 Å². The van der Waals surface area contributed by atoms with Crippen molar-refractivity contribution in [2.45, 2.75) is 69.9 Å². The summed E-state index contributed by atoms with van der Waals surface area (Å²) in [5, 5.41) is 3.46. The third-order valence-corrected chi connectivity index (χ3v) is 4.16. The SMILES string of the molecule is COC1CCCC(OC(C)CNCC2CCCO2)C1. The second kappa shape index (κ2) is 8.20. The van der Waals surface area contributed by atoms with Gasteiger partial charge in [0.05, 0.1) is 24.4 Å². The van der Waals surface area contributed by atoms with Crippen molar-refractivity contribution in [3.63, 3.8) is 0 Å².